The van der Waals surface area contributed by atoms with Crippen LogP contribution in [0.15, 0.2) is 279 Å². The van der Waals surface area contributed by atoms with Crippen LogP contribution in [0.3, 0.4) is 0 Å². The van der Waals surface area contributed by atoms with Gasteiger partial charge in [0.15, 0.2) is 0 Å². The molecule has 3 atom stereocenters. The summed E-state index contributed by atoms with van der Waals surface area (Å²) < 4.78 is 0. The molecule has 0 fully saturated rings. The standard InChI is InChI=1S/C93H83N/c1-11-61(5)67-23-27-69(28-24-67)71-31-35-73(36-32-71)75-39-43-77(44-40-75)79-47-50-82(64(8)55-79)93(81-49-21-59(3)53-63(81)7)89-57-87-85-19-15-16-20-86(85)92(58-88(87)83-17-13-14-18-84(83)89)94(90-51-22-60(4)54-65(90)9)91-52-48-80(56-66(91)10)78-45-41-76(42-46-78)74-37-33-72(34-38-74)70-29-25-68(26-30-70)62(6)12-2/h13-58,61-62,93H,11-12H2,1-10H3. The van der Waals surface area contributed by atoms with E-state index < -0.39 is 0 Å². The summed E-state index contributed by atoms with van der Waals surface area (Å²) in [5.74, 6) is 1.10. The van der Waals surface area contributed by atoms with Crippen molar-refractivity contribution >= 4 is 49.4 Å². The molecule has 0 spiro atoms. The Kier molecular flexibility index (Phi) is 16.9. The molecule has 0 amide bonds. The molecule has 3 unspecified atom stereocenters. The Labute approximate surface area is 557 Å². The van der Waals surface area contributed by atoms with E-state index in [4.69, 9.17) is 0 Å². The smallest absolute Gasteiger partial charge is 0.0546 e. The van der Waals surface area contributed by atoms with E-state index in [0.29, 0.717) is 11.8 Å². The van der Waals surface area contributed by atoms with E-state index in [9.17, 15) is 0 Å². The second kappa shape index (κ2) is 26.0. The number of fused-ring (bicyclic) bond motifs is 5. The number of aryl methyl sites for hydroxylation is 6. The first-order valence-electron chi connectivity index (χ1n) is 33.9. The molecular weight excluding hydrogens is 1130 g/mol. The summed E-state index contributed by atoms with van der Waals surface area (Å²) in [6.45, 7) is 22.7. The second-order valence-corrected chi connectivity index (χ2v) is 26.7. The Morgan fingerprint density at radius 3 is 0.968 bits per heavy atom. The van der Waals surface area contributed by atoms with Crippen molar-refractivity contribution in [3.05, 3.63) is 340 Å². The third-order valence-electron chi connectivity index (χ3n) is 20.5. The summed E-state index contributed by atoms with van der Waals surface area (Å²) in [5, 5.41) is 7.43. The maximum Gasteiger partial charge on any atom is 0.0546 e. The molecule has 1 nitrogen and oxygen atoms in total. The van der Waals surface area contributed by atoms with Crippen molar-refractivity contribution in [2.24, 2.45) is 0 Å². The van der Waals surface area contributed by atoms with Crippen molar-refractivity contribution in [2.75, 3.05) is 4.90 Å². The maximum absolute atomic E-state index is 2.55. The summed E-state index contributed by atoms with van der Waals surface area (Å²) in [5.41, 5.74) is 32.4. The number of anilines is 3. The molecule has 0 saturated carbocycles. The minimum absolute atomic E-state index is 0.0376. The molecule has 14 rings (SSSR count). The molecular formula is C93H83N. The zero-order valence-corrected chi connectivity index (χ0v) is 56.2. The van der Waals surface area contributed by atoms with Gasteiger partial charge >= 0.3 is 0 Å². The van der Waals surface area contributed by atoms with Gasteiger partial charge < -0.3 is 4.90 Å². The van der Waals surface area contributed by atoms with Crippen LogP contribution in [-0.4, -0.2) is 0 Å². The summed E-state index contributed by atoms with van der Waals surface area (Å²) in [6.07, 6.45) is 2.29. The van der Waals surface area contributed by atoms with Crippen LogP contribution in [0.25, 0.3) is 99.1 Å². The lowest BCUT2D eigenvalue weighted by atomic mass is 9.77. The lowest BCUT2D eigenvalue weighted by Gasteiger charge is -2.31. The minimum Gasteiger partial charge on any atom is -0.309 e. The highest BCUT2D eigenvalue weighted by atomic mass is 15.1. The number of hydrogen-bond acceptors (Lipinski definition) is 1. The lowest BCUT2D eigenvalue weighted by molar-refractivity contribution is 0.734. The number of benzene rings is 14. The molecule has 0 aliphatic heterocycles. The van der Waals surface area contributed by atoms with Crippen molar-refractivity contribution in [3.63, 3.8) is 0 Å². The first-order valence-corrected chi connectivity index (χ1v) is 33.9. The SMILES string of the molecule is CCC(C)c1ccc(-c2ccc(-c3ccc(-c4ccc(C(c5ccc(C)cc5C)c5cc6c7ccccc7c(N(c7ccc(C)cc7C)c7ccc(-c8ccc(-c9ccc(-c%10ccc(C(C)CC)cc%10)cc9)cc8)cc7C)cc6c6ccccc56)c(C)c4)cc3)cc2)cc1. The van der Waals surface area contributed by atoms with Gasteiger partial charge in [-0.1, -0.05) is 288 Å². The highest BCUT2D eigenvalue weighted by Gasteiger charge is 2.27. The third kappa shape index (κ3) is 11.9. The van der Waals surface area contributed by atoms with Crippen LogP contribution >= 0.6 is 0 Å². The van der Waals surface area contributed by atoms with E-state index in [1.165, 1.54) is 166 Å². The van der Waals surface area contributed by atoms with Crippen molar-refractivity contribution in [3.8, 4) is 66.8 Å². The Morgan fingerprint density at radius 1 is 0.245 bits per heavy atom. The van der Waals surface area contributed by atoms with Gasteiger partial charge in [-0.05, 0) is 240 Å². The normalized spacial score (nSPS) is 12.5. The van der Waals surface area contributed by atoms with Crippen molar-refractivity contribution in [1.82, 2.24) is 0 Å². The van der Waals surface area contributed by atoms with E-state index in [1.807, 2.05) is 0 Å². The molecule has 0 bridgehead atoms. The molecule has 460 valence electrons. The van der Waals surface area contributed by atoms with Gasteiger partial charge in [-0.25, -0.2) is 0 Å². The second-order valence-electron chi connectivity index (χ2n) is 26.7. The van der Waals surface area contributed by atoms with E-state index >= 15 is 0 Å². The average Bonchev–Trinajstić information content (AvgIpc) is 0.727. The van der Waals surface area contributed by atoms with Gasteiger partial charge in [0, 0.05) is 22.7 Å². The fraction of sp³-hybridized carbons (Fsp3) is 0.161. The Morgan fingerprint density at radius 2 is 0.553 bits per heavy atom. The average molecular weight is 1210 g/mol. The molecule has 0 heterocycles. The first kappa shape index (κ1) is 61.2. The largest absolute Gasteiger partial charge is 0.309 e. The van der Waals surface area contributed by atoms with Crippen LogP contribution in [0.4, 0.5) is 17.1 Å². The zero-order chi connectivity index (χ0) is 64.7. The fourth-order valence-electron chi connectivity index (χ4n) is 14.6. The summed E-state index contributed by atoms with van der Waals surface area (Å²) in [4.78, 5) is 2.54. The Bertz CT molecular complexity index is 4760. The van der Waals surface area contributed by atoms with Gasteiger partial charge in [0.05, 0.1) is 5.69 Å². The van der Waals surface area contributed by atoms with Gasteiger partial charge in [0.25, 0.3) is 0 Å². The highest BCUT2D eigenvalue weighted by Crippen LogP contribution is 2.49. The highest BCUT2D eigenvalue weighted by molar-refractivity contribution is 6.22. The van der Waals surface area contributed by atoms with Crippen molar-refractivity contribution in [1.29, 1.82) is 0 Å². The zero-order valence-electron chi connectivity index (χ0n) is 56.2. The maximum atomic E-state index is 2.55. The number of hydrogen-bond donors (Lipinski definition) is 0. The molecule has 0 radical (unpaired) electrons. The van der Waals surface area contributed by atoms with Gasteiger partial charge in [-0.15, -0.1) is 0 Å². The first-order chi connectivity index (χ1) is 45.8. The molecule has 0 aliphatic carbocycles. The number of nitrogens with zero attached hydrogens (tertiary/aromatic N) is 1. The van der Waals surface area contributed by atoms with Crippen LogP contribution in [-0.2, 0) is 0 Å². The van der Waals surface area contributed by atoms with Gasteiger partial charge in [0.2, 0.25) is 0 Å². The predicted octanol–water partition coefficient (Wildman–Crippen LogP) is 26.7. The predicted molar refractivity (Wildman–Crippen MR) is 406 cm³/mol. The lowest BCUT2D eigenvalue weighted by Crippen LogP contribution is -2.14. The van der Waals surface area contributed by atoms with E-state index in [-0.39, 0.29) is 5.92 Å². The molecule has 0 aliphatic rings. The van der Waals surface area contributed by atoms with Crippen molar-refractivity contribution < 1.29 is 0 Å². The van der Waals surface area contributed by atoms with E-state index in [1.54, 1.807) is 0 Å². The summed E-state index contributed by atoms with van der Waals surface area (Å²) in [7, 11) is 0. The van der Waals surface area contributed by atoms with Crippen LogP contribution in [0, 0.1) is 41.5 Å². The molecule has 0 saturated heterocycles. The Hall–Kier alpha value is -10.3. The molecule has 14 aromatic rings. The molecule has 0 N–H and O–H groups in total. The topological polar surface area (TPSA) is 3.24 Å². The van der Waals surface area contributed by atoms with Gasteiger partial charge in [-0.3, -0.25) is 0 Å². The Balaban J connectivity index is 0.817. The van der Waals surface area contributed by atoms with Crippen LogP contribution in [0.2, 0.25) is 0 Å². The van der Waals surface area contributed by atoms with Gasteiger partial charge in [0.1, 0.15) is 0 Å². The number of rotatable bonds is 16. The van der Waals surface area contributed by atoms with Crippen LogP contribution < -0.4 is 4.90 Å². The van der Waals surface area contributed by atoms with Gasteiger partial charge in [-0.2, -0.15) is 0 Å². The minimum atomic E-state index is -0.0376. The monoisotopic (exact) mass is 1210 g/mol. The quantitative estimate of drug-likeness (QED) is 0.0688. The van der Waals surface area contributed by atoms with E-state index in [2.05, 4.69) is 353 Å². The summed E-state index contributed by atoms with van der Waals surface area (Å²) in [6, 6.07) is 106. The van der Waals surface area contributed by atoms with Crippen LogP contribution in [0.1, 0.15) is 119 Å². The fourth-order valence-corrected chi connectivity index (χ4v) is 14.6. The molecule has 0 aromatic heterocycles. The van der Waals surface area contributed by atoms with Crippen molar-refractivity contribution in [2.45, 2.75) is 99.8 Å². The molecule has 1 heteroatoms. The molecule has 14 aromatic carbocycles. The third-order valence-corrected chi connectivity index (χ3v) is 20.5. The van der Waals surface area contributed by atoms with Crippen LogP contribution in [0.5, 0.6) is 0 Å². The molecule has 94 heavy (non-hydrogen) atoms. The van der Waals surface area contributed by atoms with E-state index in [0.717, 1.165) is 24.2 Å². The summed E-state index contributed by atoms with van der Waals surface area (Å²) >= 11 is 0.